The Kier molecular flexibility index (Phi) is 7.59. The van der Waals surface area contributed by atoms with Gasteiger partial charge in [0.2, 0.25) is 0 Å². The van der Waals surface area contributed by atoms with E-state index >= 15 is 0 Å². The predicted molar refractivity (Wildman–Crippen MR) is 76.4 cm³/mol. The van der Waals surface area contributed by atoms with E-state index in [-0.39, 0.29) is 5.60 Å². The van der Waals surface area contributed by atoms with E-state index in [0.717, 1.165) is 0 Å². The topological polar surface area (TPSA) is 63.6 Å². The van der Waals surface area contributed by atoms with Gasteiger partial charge in [-0.05, 0) is 19.4 Å². The minimum Gasteiger partial charge on any atom is -0.370 e. The monoisotopic (exact) mass is 338 g/mol. The number of halogens is 3. The molecule has 0 unspecified atom stereocenters. The highest BCUT2D eigenvalue weighted by atomic mass is 32.2. The molecule has 8 heteroatoms. The van der Waals surface area contributed by atoms with Crippen LogP contribution in [-0.4, -0.2) is 24.1 Å². The fourth-order valence-electron chi connectivity index (χ4n) is 1.15. The molecule has 0 aromatic heterocycles. The lowest BCUT2D eigenvalue weighted by molar-refractivity contribution is -0.0510. The molecular formula is C14H17F3O4S. The Morgan fingerprint density at radius 3 is 2.05 bits per heavy atom. The SMILES string of the molecule is C#CCC(C)(C)OCc1ccccc1.O=S(=O)(O)C(F)(F)F. The number of alkyl halides is 3. The van der Waals surface area contributed by atoms with Gasteiger partial charge in [-0.25, -0.2) is 0 Å². The Morgan fingerprint density at radius 2 is 1.68 bits per heavy atom. The zero-order valence-electron chi connectivity index (χ0n) is 12.1. The lowest BCUT2D eigenvalue weighted by Crippen LogP contribution is -2.23. The third-order valence-corrected chi connectivity index (χ3v) is 2.88. The Labute approximate surface area is 128 Å². The summed E-state index contributed by atoms with van der Waals surface area (Å²) < 4.78 is 63.3. The molecule has 4 nitrogen and oxygen atoms in total. The van der Waals surface area contributed by atoms with Crippen LogP contribution in [0.4, 0.5) is 13.2 Å². The molecule has 1 aromatic rings. The van der Waals surface area contributed by atoms with Gasteiger partial charge in [0.05, 0.1) is 12.2 Å². The number of rotatable bonds is 4. The van der Waals surface area contributed by atoms with Crippen LogP contribution in [-0.2, 0) is 21.5 Å². The van der Waals surface area contributed by atoms with E-state index in [0.29, 0.717) is 13.0 Å². The zero-order valence-corrected chi connectivity index (χ0v) is 12.9. The number of hydrogen-bond acceptors (Lipinski definition) is 3. The standard InChI is InChI=1S/C13H16O.CHF3O3S/c1-4-10-13(2,3)14-11-12-8-6-5-7-9-12;2-1(3,4)8(5,6)7/h1,5-9H,10-11H2,2-3H3;(H,5,6,7). The Hall–Kier alpha value is -1.56. The van der Waals surface area contributed by atoms with Gasteiger partial charge in [-0.2, -0.15) is 21.6 Å². The van der Waals surface area contributed by atoms with Crippen molar-refractivity contribution in [3.63, 3.8) is 0 Å². The molecule has 124 valence electrons. The molecule has 0 saturated heterocycles. The van der Waals surface area contributed by atoms with Crippen LogP contribution in [0.2, 0.25) is 0 Å². The van der Waals surface area contributed by atoms with Crippen molar-refractivity contribution in [1.82, 2.24) is 0 Å². The highest BCUT2D eigenvalue weighted by Crippen LogP contribution is 2.20. The summed E-state index contributed by atoms with van der Waals surface area (Å²) in [4.78, 5) is 0. The molecule has 0 aliphatic heterocycles. The van der Waals surface area contributed by atoms with E-state index in [1.165, 1.54) is 5.56 Å². The summed E-state index contributed by atoms with van der Waals surface area (Å²) in [6.45, 7) is 4.64. The van der Waals surface area contributed by atoms with E-state index in [9.17, 15) is 13.2 Å². The van der Waals surface area contributed by atoms with Crippen LogP contribution in [0.1, 0.15) is 25.8 Å². The van der Waals surface area contributed by atoms with Crippen LogP contribution in [0.3, 0.4) is 0 Å². The quantitative estimate of drug-likeness (QED) is 0.519. The van der Waals surface area contributed by atoms with Gasteiger partial charge in [0.15, 0.2) is 0 Å². The minimum absolute atomic E-state index is 0.232. The molecule has 0 heterocycles. The van der Waals surface area contributed by atoms with Gasteiger partial charge in [-0.3, -0.25) is 4.55 Å². The highest BCUT2D eigenvalue weighted by molar-refractivity contribution is 7.86. The normalized spacial score (nSPS) is 12.0. The van der Waals surface area contributed by atoms with Crippen LogP contribution in [0, 0.1) is 12.3 Å². The Balaban J connectivity index is 0.000000472. The van der Waals surface area contributed by atoms with Crippen molar-refractivity contribution in [1.29, 1.82) is 0 Å². The molecule has 0 spiro atoms. The van der Waals surface area contributed by atoms with Gasteiger partial charge >= 0.3 is 15.6 Å². The zero-order chi connectivity index (χ0) is 17.4. The van der Waals surface area contributed by atoms with Crippen LogP contribution >= 0.6 is 0 Å². The van der Waals surface area contributed by atoms with Crippen molar-refractivity contribution in [3.05, 3.63) is 35.9 Å². The van der Waals surface area contributed by atoms with Crippen LogP contribution < -0.4 is 0 Å². The van der Waals surface area contributed by atoms with Crippen LogP contribution in [0.25, 0.3) is 0 Å². The van der Waals surface area contributed by atoms with E-state index in [1.54, 1.807) is 0 Å². The summed E-state index contributed by atoms with van der Waals surface area (Å²) in [5.41, 5.74) is -4.59. The fraction of sp³-hybridized carbons (Fsp3) is 0.429. The lowest BCUT2D eigenvalue weighted by Gasteiger charge is -2.22. The maximum Gasteiger partial charge on any atom is 0.522 e. The van der Waals surface area contributed by atoms with Crippen molar-refractivity contribution in [2.75, 3.05) is 0 Å². The fourth-order valence-corrected chi connectivity index (χ4v) is 1.15. The second-order valence-electron chi connectivity index (χ2n) is 4.84. The van der Waals surface area contributed by atoms with E-state index in [4.69, 9.17) is 24.1 Å². The molecule has 1 rings (SSSR count). The molecule has 0 saturated carbocycles. The maximum atomic E-state index is 10.7. The summed E-state index contributed by atoms with van der Waals surface area (Å²) >= 11 is 0. The van der Waals surface area contributed by atoms with Gasteiger partial charge in [0.1, 0.15) is 0 Å². The van der Waals surface area contributed by atoms with Gasteiger partial charge in [-0.1, -0.05) is 30.3 Å². The third-order valence-electron chi connectivity index (χ3n) is 2.29. The highest BCUT2D eigenvalue weighted by Gasteiger charge is 2.44. The first-order valence-corrected chi connectivity index (χ1v) is 7.48. The second kappa shape index (κ2) is 8.17. The number of benzene rings is 1. The van der Waals surface area contributed by atoms with Crippen molar-refractivity contribution < 1.29 is 30.9 Å². The summed E-state index contributed by atoms with van der Waals surface area (Å²) in [5.74, 6) is 2.62. The molecular weight excluding hydrogens is 321 g/mol. The van der Waals surface area contributed by atoms with Gasteiger partial charge in [0, 0.05) is 6.42 Å². The first-order valence-electron chi connectivity index (χ1n) is 6.04. The van der Waals surface area contributed by atoms with E-state index in [1.807, 2.05) is 44.2 Å². The molecule has 1 N–H and O–H groups in total. The van der Waals surface area contributed by atoms with Crippen LogP contribution in [0.15, 0.2) is 30.3 Å². The van der Waals surface area contributed by atoms with Crippen LogP contribution in [0.5, 0.6) is 0 Å². The lowest BCUT2D eigenvalue weighted by atomic mass is 10.1. The van der Waals surface area contributed by atoms with Crippen molar-refractivity contribution >= 4 is 10.1 Å². The Morgan fingerprint density at radius 1 is 1.23 bits per heavy atom. The molecule has 0 atom stereocenters. The van der Waals surface area contributed by atoms with Gasteiger partial charge in [-0.15, -0.1) is 12.3 Å². The molecule has 1 aromatic carbocycles. The van der Waals surface area contributed by atoms with Gasteiger partial charge < -0.3 is 4.74 Å². The Bertz CT molecular complexity index is 587. The molecule has 0 aliphatic carbocycles. The molecule has 0 radical (unpaired) electrons. The predicted octanol–water partition coefficient (Wildman–Crippen LogP) is 3.40. The molecule has 0 aliphatic rings. The van der Waals surface area contributed by atoms with E-state index in [2.05, 4.69) is 5.92 Å². The van der Waals surface area contributed by atoms with E-state index < -0.39 is 15.6 Å². The van der Waals surface area contributed by atoms with Crippen molar-refractivity contribution in [3.8, 4) is 12.3 Å². The molecule has 0 fully saturated rings. The summed E-state index contributed by atoms with van der Waals surface area (Å²) in [6.07, 6.45) is 5.89. The van der Waals surface area contributed by atoms with Crippen molar-refractivity contribution in [2.24, 2.45) is 0 Å². The third kappa shape index (κ3) is 8.67. The summed E-state index contributed by atoms with van der Waals surface area (Å²) in [5, 5.41) is 0. The number of hydrogen-bond donors (Lipinski definition) is 1. The molecule has 22 heavy (non-hydrogen) atoms. The van der Waals surface area contributed by atoms with Gasteiger partial charge in [0.25, 0.3) is 0 Å². The molecule has 0 bridgehead atoms. The summed E-state index contributed by atoms with van der Waals surface area (Å²) in [6, 6.07) is 10.1. The molecule has 0 amide bonds. The minimum atomic E-state index is -5.84. The average molecular weight is 338 g/mol. The number of terminal acetylenes is 1. The first kappa shape index (κ1) is 20.4. The smallest absolute Gasteiger partial charge is 0.370 e. The van der Waals surface area contributed by atoms with Crippen molar-refractivity contribution in [2.45, 2.75) is 38.0 Å². The first-order chi connectivity index (χ1) is 9.89. The maximum absolute atomic E-state index is 10.7. The number of ether oxygens (including phenoxy) is 1. The second-order valence-corrected chi connectivity index (χ2v) is 6.25. The summed E-state index contributed by atoms with van der Waals surface area (Å²) in [7, 11) is -5.84. The largest absolute Gasteiger partial charge is 0.522 e. The average Bonchev–Trinajstić information content (AvgIpc) is 2.36.